The summed E-state index contributed by atoms with van der Waals surface area (Å²) in [6.07, 6.45) is 4.12. The number of aromatic nitrogens is 3. The van der Waals surface area contributed by atoms with E-state index in [4.69, 9.17) is 0 Å². The molecule has 0 saturated heterocycles. The molecule has 0 amide bonds. The molecule has 2 heterocycles. The number of hydrogen-bond donors (Lipinski definition) is 1. The Bertz CT molecular complexity index is 922. The lowest BCUT2D eigenvalue weighted by Crippen LogP contribution is -2.13. The molecule has 1 aliphatic rings. The van der Waals surface area contributed by atoms with E-state index >= 15 is 0 Å². The van der Waals surface area contributed by atoms with Crippen LogP contribution in [0, 0.1) is 0 Å². The van der Waals surface area contributed by atoms with Crippen LogP contribution in [0.4, 0.5) is 5.13 Å². The first-order valence-corrected chi connectivity index (χ1v) is 9.16. The van der Waals surface area contributed by atoms with Gasteiger partial charge in [0.1, 0.15) is 10.4 Å². The van der Waals surface area contributed by atoms with Crippen molar-refractivity contribution in [2.45, 2.75) is 30.6 Å². The van der Waals surface area contributed by atoms with Gasteiger partial charge in [-0.1, -0.05) is 6.07 Å². The summed E-state index contributed by atoms with van der Waals surface area (Å²) in [6.45, 7) is 0. The van der Waals surface area contributed by atoms with E-state index in [9.17, 15) is 8.42 Å². The molecule has 0 fully saturated rings. The third kappa shape index (κ3) is 2.26. The summed E-state index contributed by atoms with van der Waals surface area (Å²) in [7, 11) is -3.77. The van der Waals surface area contributed by atoms with Crippen LogP contribution >= 0.6 is 11.3 Å². The van der Waals surface area contributed by atoms with Crippen molar-refractivity contribution >= 4 is 37.5 Å². The molecule has 0 aliphatic heterocycles. The van der Waals surface area contributed by atoms with Gasteiger partial charge in [-0.25, -0.2) is 18.0 Å². The molecule has 0 unspecified atom stereocenters. The average Bonchev–Trinajstić information content (AvgIpc) is 3.11. The minimum atomic E-state index is -3.77. The van der Waals surface area contributed by atoms with Crippen molar-refractivity contribution in [2.75, 3.05) is 4.72 Å². The highest BCUT2D eigenvalue weighted by molar-refractivity contribution is 7.93. The molecular formula is C13H12N4O3S2. The van der Waals surface area contributed by atoms with Crippen LogP contribution in [-0.4, -0.2) is 23.7 Å². The molecule has 22 heavy (non-hydrogen) atoms. The smallest absolute Gasteiger partial charge is 0.255 e. The topological polar surface area (TPSA) is 98.0 Å². The zero-order valence-electron chi connectivity index (χ0n) is 11.4. The summed E-state index contributed by atoms with van der Waals surface area (Å²) in [5.41, 5.74) is 1.63. The number of anilines is 1. The van der Waals surface area contributed by atoms with Gasteiger partial charge < -0.3 is 0 Å². The Hall–Kier alpha value is -2.00. The fourth-order valence-corrected chi connectivity index (χ4v) is 5.00. The molecule has 0 radical (unpaired) electrons. The summed E-state index contributed by atoms with van der Waals surface area (Å²) in [4.78, 5) is 5.61. The lowest BCUT2D eigenvalue weighted by Gasteiger charge is -2.06. The molecule has 0 spiro atoms. The SMILES string of the molecule is O=S(=O)(Nc1nc2c(s1)CCCC2)c1cccc2nonc12. The van der Waals surface area contributed by atoms with Crippen molar-refractivity contribution < 1.29 is 13.0 Å². The number of fused-ring (bicyclic) bond motifs is 2. The first kappa shape index (κ1) is 13.6. The van der Waals surface area contributed by atoms with Crippen molar-refractivity contribution in [3.63, 3.8) is 0 Å². The Morgan fingerprint density at radius 3 is 2.91 bits per heavy atom. The average molecular weight is 336 g/mol. The highest BCUT2D eigenvalue weighted by Gasteiger charge is 2.23. The van der Waals surface area contributed by atoms with Crippen LogP contribution in [0.25, 0.3) is 11.0 Å². The Kier molecular flexibility index (Phi) is 3.12. The molecule has 1 aromatic carbocycles. The van der Waals surface area contributed by atoms with Crippen LogP contribution in [0.15, 0.2) is 27.7 Å². The predicted molar refractivity (Wildman–Crippen MR) is 81.4 cm³/mol. The van der Waals surface area contributed by atoms with Crippen molar-refractivity contribution in [2.24, 2.45) is 0 Å². The van der Waals surface area contributed by atoms with Crippen molar-refractivity contribution in [1.82, 2.24) is 15.3 Å². The second kappa shape index (κ2) is 5.03. The van der Waals surface area contributed by atoms with E-state index in [1.165, 1.54) is 22.3 Å². The molecule has 2 aromatic heterocycles. The zero-order valence-corrected chi connectivity index (χ0v) is 13.1. The van der Waals surface area contributed by atoms with Gasteiger partial charge in [0.15, 0.2) is 10.6 Å². The van der Waals surface area contributed by atoms with E-state index in [-0.39, 0.29) is 10.4 Å². The van der Waals surface area contributed by atoms with E-state index < -0.39 is 10.0 Å². The van der Waals surface area contributed by atoms with E-state index in [0.717, 1.165) is 31.4 Å². The molecule has 114 valence electrons. The van der Waals surface area contributed by atoms with Gasteiger partial charge >= 0.3 is 0 Å². The van der Waals surface area contributed by atoms with E-state index in [1.54, 1.807) is 12.1 Å². The van der Waals surface area contributed by atoms with Crippen LogP contribution in [0.5, 0.6) is 0 Å². The Morgan fingerprint density at radius 1 is 1.18 bits per heavy atom. The zero-order chi connectivity index (χ0) is 15.2. The number of hydrogen-bond acceptors (Lipinski definition) is 7. The van der Waals surface area contributed by atoms with Crippen molar-refractivity contribution in [3.05, 3.63) is 28.8 Å². The molecule has 1 aliphatic carbocycles. The fourth-order valence-electron chi connectivity index (χ4n) is 2.56. The molecule has 1 N–H and O–H groups in total. The number of nitrogens with one attached hydrogen (secondary N) is 1. The normalized spacial score (nSPS) is 14.9. The number of sulfonamides is 1. The standard InChI is InChI=1S/C13H12N4O3S2/c18-22(19,11-7-3-5-9-12(11)16-20-15-9)17-13-14-8-4-1-2-6-10(8)21-13/h3,5,7H,1-2,4,6H2,(H,14,17). The maximum absolute atomic E-state index is 12.6. The molecule has 0 bridgehead atoms. The van der Waals surface area contributed by atoms with E-state index in [2.05, 4.69) is 24.6 Å². The predicted octanol–water partition coefficient (Wildman–Crippen LogP) is 2.36. The maximum atomic E-state index is 12.6. The molecule has 7 nitrogen and oxygen atoms in total. The summed E-state index contributed by atoms with van der Waals surface area (Å²) in [6, 6.07) is 4.73. The van der Waals surface area contributed by atoms with Crippen LogP contribution in [0.3, 0.4) is 0 Å². The molecule has 0 atom stereocenters. The second-order valence-electron chi connectivity index (χ2n) is 5.09. The fraction of sp³-hybridized carbons (Fsp3) is 0.308. The first-order valence-electron chi connectivity index (χ1n) is 6.86. The Balaban J connectivity index is 1.72. The third-order valence-electron chi connectivity index (χ3n) is 3.61. The summed E-state index contributed by atoms with van der Waals surface area (Å²) >= 11 is 1.40. The van der Waals surface area contributed by atoms with Gasteiger partial charge in [-0.2, -0.15) is 0 Å². The number of nitrogens with zero attached hydrogens (tertiary/aromatic N) is 3. The van der Waals surface area contributed by atoms with Gasteiger partial charge in [-0.3, -0.25) is 4.72 Å². The summed E-state index contributed by atoms with van der Waals surface area (Å²) < 4.78 is 32.3. The van der Waals surface area contributed by atoms with Gasteiger partial charge in [0.25, 0.3) is 10.0 Å². The van der Waals surface area contributed by atoms with E-state index in [0.29, 0.717) is 10.6 Å². The van der Waals surface area contributed by atoms with Crippen molar-refractivity contribution in [3.8, 4) is 0 Å². The summed E-state index contributed by atoms with van der Waals surface area (Å²) in [5.74, 6) is 0. The van der Waals surface area contributed by atoms with Crippen LogP contribution in [0.1, 0.15) is 23.4 Å². The second-order valence-corrected chi connectivity index (χ2v) is 7.82. The number of rotatable bonds is 3. The number of benzene rings is 1. The lowest BCUT2D eigenvalue weighted by atomic mass is 10.0. The first-order chi connectivity index (χ1) is 10.6. The van der Waals surface area contributed by atoms with E-state index in [1.807, 2.05) is 0 Å². The van der Waals surface area contributed by atoms with Gasteiger partial charge in [-0.15, -0.1) is 11.3 Å². The minimum Gasteiger partial charge on any atom is -0.255 e. The van der Waals surface area contributed by atoms with Crippen LogP contribution in [-0.2, 0) is 22.9 Å². The molecule has 0 saturated carbocycles. The largest absolute Gasteiger partial charge is 0.266 e. The lowest BCUT2D eigenvalue weighted by molar-refractivity contribution is 0.315. The van der Waals surface area contributed by atoms with Gasteiger partial charge in [0.2, 0.25) is 0 Å². The molecule has 4 rings (SSSR count). The molecule has 9 heteroatoms. The number of aryl methyl sites for hydroxylation is 2. The highest BCUT2D eigenvalue weighted by atomic mass is 32.2. The van der Waals surface area contributed by atoms with Crippen molar-refractivity contribution in [1.29, 1.82) is 0 Å². The summed E-state index contributed by atoms with van der Waals surface area (Å²) in [5, 5.41) is 7.73. The molecular weight excluding hydrogens is 324 g/mol. The Morgan fingerprint density at radius 2 is 2.05 bits per heavy atom. The highest BCUT2D eigenvalue weighted by Crippen LogP contribution is 2.31. The third-order valence-corrected chi connectivity index (χ3v) is 6.18. The number of thiazole rings is 1. The van der Waals surface area contributed by atoms with Crippen LogP contribution in [0.2, 0.25) is 0 Å². The minimum absolute atomic E-state index is 0.0411. The monoisotopic (exact) mass is 336 g/mol. The Labute approximate surface area is 130 Å². The quantitative estimate of drug-likeness (QED) is 0.788. The molecule has 3 aromatic rings. The van der Waals surface area contributed by atoms with Gasteiger partial charge in [0.05, 0.1) is 5.69 Å². The van der Waals surface area contributed by atoms with Gasteiger partial charge in [-0.05, 0) is 48.1 Å². The maximum Gasteiger partial charge on any atom is 0.266 e. The van der Waals surface area contributed by atoms with Gasteiger partial charge in [0, 0.05) is 4.88 Å². The van der Waals surface area contributed by atoms with Crippen LogP contribution < -0.4 is 4.72 Å².